The van der Waals surface area contributed by atoms with Crippen molar-refractivity contribution in [3.63, 3.8) is 0 Å². The van der Waals surface area contributed by atoms with Gasteiger partial charge in [0.05, 0.1) is 14.2 Å². The summed E-state index contributed by atoms with van der Waals surface area (Å²) in [5.41, 5.74) is 1.15. The van der Waals surface area contributed by atoms with Crippen LogP contribution in [0.2, 0.25) is 0 Å². The maximum atomic E-state index is 5.44. The van der Waals surface area contributed by atoms with E-state index in [4.69, 9.17) is 9.47 Å². The Balaban J connectivity index is 1.91. The van der Waals surface area contributed by atoms with Crippen molar-refractivity contribution in [3.05, 3.63) is 23.8 Å². The Labute approximate surface area is 122 Å². The predicted molar refractivity (Wildman–Crippen MR) is 81.6 cm³/mol. The zero-order valence-electron chi connectivity index (χ0n) is 12.8. The van der Waals surface area contributed by atoms with Crippen LogP contribution < -0.4 is 14.8 Å². The van der Waals surface area contributed by atoms with Gasteiger partial charge in [-0.3, -0.25) is 0 Å². The summed E-state index contributed by atoms with van der Waals surface area (Å²) in [5, 5.41) is 3.57. The van der Waals surface area contributed by atoms with Crippen molar-refractivity contribution in [3.8, 4) is 11.5 Å². The number of likely N-dealkylation sites (tertiary alicyclic amines) is 1. The maximum absolute atomic E-state index is 5.44. The average molecular weight is 278 g/mol. The lowest BCUT2D eigenvalue weighted by Gasteiger charge is -2.20. The first-order chi connectivity index (χ1) is 9.74. The molecule has 2 rings (SSSR count). The molecule has 112 valence electrons. The Morgan fingerprint density at radius 1 is 1.20 bits per heavy atom. The summed E-state index contributed by atoms with van der Waals surface area (Å²) in [6.45, 7) is 6.79. The molecule has 0 saturated carbocycles. The highest BCUT2D eigenvalue weighted by Crippen LogP contribution is 2.29. The molecule has 0 aromatic heterocycles. The number of methoxy groups -OCH3 is 2. The quantitative estimate of drug-likeness (QED) is 0.830. The minimum Gasteiger partial charge on any atom is -0.497 e. The third-order valence-electron chi connectivity index (χ3n) is 3.98. The van der Waals surface area contributed by atoms with Crippen molar-refractivity contribution in [2.24, 2.45) is 0 Å². The van der Waals surface area contributed by atoms with E-state index in [9.17, 15) is 0 Å². The van der Waals surface area contributed by atoms with Gasteiger partial charge in [-0.2, -0.15) is 0 Å². The summed E-state index contributed by atoms with van der Waals surface area (Å²) in [6, 6.07) is 6.20. The van der Waals surface area contributed by atoms with Gasteiger partial charge in [0, 0.05) is 24.7 Å². The molecule has 0 amide bonds. The first kappa shape index (κ1) is 15.1. The highest BCUT2D eigenvalue weighted by molar-refractivity contribution is 5.42. The second-order valence-corrected chi connectivity index (χ2v) is 5.33. The zero-order valence-corrected chi connectivity index (χ0v) is 12.8. The number of nitrogens with zero attached hydrogens (tertiary/aromatic N) is 1. The summed E-state index contributed by atoms with van der Waals surface area (Å²) < 4.78 is 10.7. The van der Waals surface area contributed by atoms with Crippen LogP contribution in [0.4, 0.5) is 0 Å². The smallest absolute Gasteiger partial charge is 0.123 e. The molecule has 1 fully saturated rings. The largest absolute Gasteiger partial charge is 0.497 e. The van der Waals surface area contributed by atoms with Crippen LogP contribution in [0, 0.1) is 0 Å². The number of nitrogens with one attached hydrogen (secondary N) is 1. The third kappa shape index (κ3) is 3.87. The van der Waals surface area contributed by atoms with Crippen molar-refractivity contribution >= 4 is 0 Å². The van der Waals surface area contributed by atoms with Gasteiger partial charge in [-0.15, -0.1) is 0 Å². The minimum atomic E-state index is 0.252. The third-order valence-corrected chi connectivity index (χ3v) is 3.98. The van der Waals surface area contributed by atoms with Gasteiger partial charge in [-0.05, 0) is 51.1 Å². The summed E-state index contributed by atoms with van der Waals surface area (Å²) in [4.78, 5) is 2.52. The number of rotatable bonds is 7. The van der Waals surface area contributed by atoms with Crippen molar-refractivity contribution in [1.29, 1.82) is 0 Å². The molecule has 4 nitrogen and oxygen atoms in total. The molecule has 4 heteroatoms. The lowest BCUT2D eigenvalue weighted by atomic mass is 10.1. The maximum Gasteiger partial charge on any atom is 0.123 e. The Morgan fingerprint density at radius 2 is 1.95 bits per heavy atom. The molecule has 0 aliphatic carbocycles. The van der Waals surface area contributed by atoms with Crippen molar-refractivity contribution < 1.29 is 9.47 Å². The van der Waals surface area contributed by atoms with Crippen LogP contribution in [-0.4, -0.2) is 45.3 Å². The van der Waals surface area contributed by atoms with Crippen LogP contribution in [0.15, 0.2) is 18.2 Å². The number of ether oxygens (including phenoxy) is 2. The number of hydrogen-bond acceptors (Lipinski definition) is 4. The van der Waals surface area contributed by atoms with Crippen molar-refractivity contribution in [2.75, 3.05) is 40.4 Å². The molecule has 1 aromatic carbocycles. The first-order valence-electron chi connectivity index (χ1n) is 7.42. The molecule has 1 heterocycles. The van der Waals surface area contributed by atoms with Crippen LogP contribution in [0.25, 0.3) is 0 Å². The van der Waals surface area contributed by atoms with Gasteiger partial charge in [-0.1, -0.05) is 0 Å². The molecule has 1 aromatic rings. The highest BCUT2D eigenvalue weighted by atomic mass is 16.5. The Morgan fingerprint density at radius 3 is 2.60 bits per heavy atom. The minimum absolute atomic E-state index is 0.252. The van der Waals surface area contributed by atoms with Gasteiger partial charge in [0.1, 0.15) is 11.5 Å². The van der Waals surface area contributed by atoms with Gasteiger partial charge < -0.3 is 19.7 Å². The van der Waals surface area contributed by atoms with Gasteiger partial charge >= 0.3 is 0 Å². The molecule has 1 saturated heterocycles. The molecule has 1 aliphatic heterocycles. The molecule has 1 atom stereocenters. The summed E-state index contributed by atoms with van der Waals surface area (Å²) >= 11 is 0. The molecule has 1 aliphatic rings. The highest BCUT2D eigenvalue weighted by Gasteiger charge is 2.14. The molecule has 0 radical (unpaired) electrons. The van der Waals surface area contributed by atoms with Crippen LogP contribution in [-0.2, 0) is 0 Å². The summed E-state index contributed by atoms with van der Waals surface area (Å²) in [5.74, 6) is 1.78. The Hall–Kier alpha value is -1.26. The molecule has 1 N–H and O–H groups in total. The lowest BCUT2D eigenvalue weighted by Crippen LogP contribution is -2.31. The van der Waals surface area contributed by atoms with Gasteiger partial charge in [0.15, 0.2) is 0 Å². The molecule has 0 bridgehead atoms. The van der Waals surface area contributed by atoms with Crippen LogP contribution in [0.1, 0.15) is 31.4 Å². The van der Waals surface area contributed by atoms with E-state index in [-0.39, 0.29) is 6.04 Å². The second kappa shape index (κ2) is 7.50. The van der Waals surface area contributed by atoms with E-state index >= 15 is 0 Å². The number of hydrogen-bond donors (Lipinski definition) is 1. The van der Waals surface area contributed by atoms with E-state index in [2.05, 4.69) is 17.1 Å². The molecule has 0 spiro atoms. The van der Waals surface area contributed by atoms with Gasteiger partial charge in [-0.25, -0.2) is 0 Å². The zero-order chi connectivity index (χ0) is 14.4. The molecular weight excluding hydrogens is 252 g/mol. The summed E-state index contributed by atoms with van der Waals surface area (Å²) in [6.07, 6.45) is 2.69. The van der Waals surface area contributed by atoms with Crippen LogP contribution in [0.3, 0.4) is 0 Å². The van der Waals surface area contributed by atoms with Gasteiger partial charge in [0.25, 0.3) is 0 Å². The van der Waals surface area contributed by atoms with Crippen molar-refractivity contribution in [2.45, 2.75) is 25.8 Å². The van der Waals surface area contributed by atoms with E-state index in [1.165, 1.54) is 25.9 Å². The average Bonchev–Trinajstić information content (AvgIpc) is 2.99. The van der Waals surface area contributed by atoms with E-state index in [0.29, 0.717) is 0 Å². The molecular formula is C16H26N2O2. The monoisotopic (exact) mass is 278 g/mol. The Bertz CT molecular complexity index is 417. The normalized spacial score (nSPS) is 17.1. The van der Waals surface area contributed by atoms with E-state index in [1.807, 2.05) is 18.2 Å². The van der Waals surface area contributed by atoms with Crippen molar-refractivity contribution in [1.82, 2.24) is 10.2 Å². The summed E-state index contributed by atoms with van der Waals surface area (Å²) in [7, 11) is 3.40. The second-order valence-electron chi connectivity index (χ2n) is 5.33. The molecule has 20 heavy (non-hydrogen) atoms. The topological polar surface area (TPSA) is 33.7 Å². The van der Waals surface area contributed by atoms with Crippen LogP contribution in [0.5, 0.6) is 11.5 Å². The SMILES string of the molecule is COc1ccc(OC)c(C(C)NCCN2CCCC2)c1. The Kier molecular flexibility index (Phi) is 5.68. The molecule has 1 unspecified atom stereocenters. The van der Waals surface area contributed by atoms with E-state index in [1.54, 1.807) is 14.2 Å². The predicted octanol–water partition coefficient (Wildman–Crippen LogP) is 2.45. The van der Waals surface area contributed by atoms with Crippen LogP contribution >= 0.6 is 0 Å². The fraction of sp³-hybridized carbons (Fsp3) is 0.625. The lowest BCUT2D eigenvalue weighted by molar-refractivity contribution is 0.327. The number of benzene rings is 1. The first-order valence-corrected chi connectivity index (χ1v) is 7.42. The van der Waals surface area contributed by atoms with E-state index < -0.39 is 0 Å². The standard InChI is InChI=1S/C16H26N2O2/c1-13(17-8-11-18-9-4-5-10-18)15-12-14(19-2)6-7-16(15)20-3/h6-7,12-13,17H,4-5,8-11H2,1-3H3. The fourth-order valence-corrected chi connectivity index (χ4v) is 2.73. The van der Waals surface area contributed by atoms with E-state index in [0.717, 1.165) is 30.2 Å². The van der Waals surface area contributed by atoms with Gasteiger partial charge in [0.2, 0.25) is 0 Å². The fourth-order valence-electron chi connectivity index (χ4n) is 2.73.